The molecule has 3 amide bonds. The molecule has 0 aromatic rings. The molecule has 2 rings (SSSR count). The quantitative estimate of drug-likeness (QED) is 0.319. The molecule has 2 fully saturated rings. The van der Waals surface area contributed by atoms with Gasteiger partial charge in [0.05, 0.1) is 12.7 Å². The van der Waals surface area contributed by atoms with Crippen molar-refractivity contribution in [3.63, 3.8) is 0 Å². The third-order valence-corrected chi connectivity index (χ3v) is 5.82. The molecule has 4 atom stereocenters. The fraction of sp³-hybridized carbons (Fsp3) is 0.682. The SMILES string of the molecule is C=CC1C[C@]1(NC(=O)N1CC(O)CC1C(=O)N(C)CCCC/C=C/C)C(=O)OCC. The van der Waals surface area contributed by atoms with Crippen LogP contribution in [0.15, 0.2) is 24.8 Å². The van der Waals surface area contributed by atoms with E-state index in [1.807, 2.05) is 13.0 Å². The number of carbonyl (C=O) groups is 3. The van der Waals surface area contributed by atoms with Gasteiger partial charge in [-0.05, 0) is 39.5 Å². The minimum atomic E-state index is -1.13. The monoisotopic (exact) mass is 421 g/mol. The summed E-state index contributed by atoms with van der Waals surface area (Å²) in [6.45, 7) is 8.25. The van der Waals surface area contributed by atoms with Crippen LogP contribution in [0.1, 0.15) is 46.0 Å². The van der Waals surface area contributed by atoms with Crippen LogP contribution in [0.2, 0.25) is 0 Å². The zero-order valence-electron chi connectivity index (χ0n) is 18.3. The fourth-order valence-electron chi connectivity index (χ4n) is 3.94. The van der Waals surface area contributed by atoms with Gasteiger partial charge in [-0.1, -0.05) is 18.2 Å². The first kappa shape index (κ1) is 23.9. The highest BCUT2D eigenvalue weighted by molar-refractivity contribution is 5.93. The predicted octanol–water partition coefficient (Wildman–Crippen LogP) is 1.84. The normalized spacial score (nSPS) is 27.7. The smallest absolute Gasteiger partial charge is 0.332 e. The summed E-state index contributed by atoms with van der Waals surface area (Å²) in [6.07, 6.45) is 8.36. The molecule has 30 heavy (non-hydrogen) atoms. The van der Waals surface area contributed by atoms with Gasteiger partial charge in [0.15, 0.2) is 0 Å². The summed E-state index contributed by atoms with van der Waals surface area (Å²) < 4.78 is 5.12. The lowest BCUT2D eigenvalue weighted by atomic mass is 10.1. The first-order valence-electron chi connectivity index (χ1n) is 10.7. The molecule has 8 nitrogen and oxygen atoms in total. The van der Waals surface area contributed by atoms with Crippen LogP contribution in [-0.4, -0.2) is 77.2 Å². The molecule has 0 aromatic heterocycles. The van der Waals surface area contributed by atoms with E-state index in [1.54, 1.807) is 24.9 Å². The van der Waals surface area contributed by atoms with E-state index in [1.165, 1.54) is 4.90 Å². The second-order valence-electron chi connectivity index (χ2n) is 8.05. The first-order chi connectivity index (χ1) is 14.3. The van der Waals surface area contributed by atoms with Crippen molar-refractivity contribution in [1.29, 1.82) is 0 Å². The number of allylic oxidation sites excluding steroid dienone is 2. The van der Waals surface area contributed by atoms with Crippen LogP contribution in [0, 0.1) is 5.92 Å². The van der Waals surface area contributed by atoms with E-state index in [9.17, 15) is 19.5 Å². The highest BCUT2D eigenvalue weighted by atomic mass is 16.5. The van der Waals surface area contributed by atoms with E-state index < -0.39 is 29.7 Å². The number of urea groups is 1. The maximum Gasteiger partial charge on any atom is 0.332 e. The Labute approximate surface area is 178 Å². The molecule has 2 N–H and O–H groups in total. The number of rotatable bonds is 10. The van der Waals surface area contributed by atoms with Gasteiger partial charge < -0.3 is 25.0 Å². The van der Waals surface area contributed by atoms with Crippen molar-refractivity contribution in [3.8, 4) is 0 Å². The van der Waals surface area contributed by atoms with E-state index >= 15 is 0 Å². The minimum absolute atomic E-state index is 0.0506. The number of nitrogens with one attached hydrogen (secondary N) is 1. The Morgan fingerprint density at radius 3 is 2.70 bits per heavy atom. The fourth-order valence-corrected chi connectivity index (χ4v) is 3.94. The highest BCUT2D eigenvalue weighted by Crippen LogP contribution is 2.45. The number of hydrogen-bond acceptors (Lipinski definition) is 5. The van der Waals surface area contributed by atoms with Crippen molar-refractivity contribution in [1.82, 2.24) is 15.1 Å². The highest BCUT2D eigenvalue weighted by Gasteiger charge is 2.62. The third kappa shape index (κ3) is 5.41. The number of nitrogens with zero attached hydrogens (tertiary/aromatic N) is 2. The molecular formula is C22H35N3O5. The molecule has 168 valence electrons. The van der Waals surface area contributed by atoms with Gasteiger partial charge in [-0.3, -0.25) is 4.79 Å². The van der Waals surface area contributed by atoms with Gasteiger partial charge in [-0.25, -0.2) is 9.59 Å². The van der Waals surface area contributed by atoms with Gasteiger partial charge >= 0.3 is 12.0 Å². The van der Waals surface area contributed by atoms with Crippen LogP contribution in [0.5, 0.6) is 0 Å². The zero-order valence-corrected chi connectivity index (χ0v) is 18.3. The van der Waals surface area contributed by atoms with Gasteiger partial charge in [0, 0.05) is 32.5 Å². The summed E-state index contributed by atoms with van der Waals surface area (Å²) in [7, 11) is 1.72. The van der Waals surface area contributed by atoms with Crippen molar-refractivity contribution in [3.05, 3.63) is 24.8 Å². The third-order valence-electron chi connectivity index (χ3n) is 5.82. The standard InChI is InChI=1S/C22H35N3O5/c1-5-8-9-10-11-12-24(4)19(27)18-13-17(26)15-25(18)21(29)23-22(14-16(22)6-2)20(28)30-7-3/h5-6,8,16-18,26H,2,7,9-15H2,1,3-4H3,(H,23,29)/b8-5+/t16?,17?,18?,22-/m1/s1. The molecule has 0 spiro atoms. The zero-order chi connectivity index (χ0) is 22.3. The minimum Gasteiger partial charge on any atom is -0.464 e. The molecule has 1 aliphatic carbocycles. The number of esters is 1. The summed E-state index contributed by atoms with van der Waals surface area (Å²) >= 11 is 0. The molecule has 0 bridgehead atoms. The van der Waals surface area contributed by atoms with E-state index in [2.05, 4.69) is 18.0 Å². The molecule has 0 radical (unpaired) electrons. The van der Waals surface area contributed by atoms with E-state index in [4.69, 9.17) is 4.74 Å². The summed E-state index contributed by atoms with van der Waals surface area (Å²) in [4.78, 5) is 41.3. The number of amides is 3. The van der Waals surface area contributed by atoms with Crippen molar-refractivity contribution in [2.75, 3.05) is 26.7 Å². The van der Waals surface area contributed by atoms with Gasteiger partial charge in [-0.2, -0.15) is 0 Å². The molecule has 1 saturated heterocycles. The number of aliphatic hydroxyl groups excluding tert-OH is 1. The predicted molar refractivity (Wildman–Crippen MR) is 114 cm³/mol. The van der Waals surface area contributed by atoms with Crippen molar-refractivity contribution in [2.24, 2.45) is 5.92 Å². The van der Waals surface area contributed by atoms with Crippen LogP contribution in [-0.2, 0) is 14.3 Å². The van der Waals surface area contributed by atoms with Crippen molar-refractivity contribution in [2.45, 2.75) is 63.6 Å². The molecule has 1 aliphatic heterocycles. The van der Waals surface area contributed by atoms with E-state index in [0.29, 0.717) is 13.0 Å². The number of carbonyl (C=O) groups excluding carboxylic acids is 3. The Kier molecular flexibility index (Phi) is 8.46. The van der Waals surface area contributed by atoms with Crippen LogP contribution in [0.25, 0.3) is 0 Å². The molecule has 8 heteroatoms. The summed E-state index contributed by atoms with van der Waals surface area (Å²) in [6, 6.07) is -1.29. The van der Waals surface area contributed by atoms with Gasteiger partial charge in [0.2, 0.25) is 5.91 Å². The lowest BCUT2D eigenvalue weighted by Crippen LogP contribution is -2.55. The number of likely N-dealkylation sites (tertiary alicyclic amines) is 1. The second kappa shape index (κ2) is 10.6. The van der Waals surface area contributed by atoms with Crippen molar-refractivity contribution < 1.29 is 24.2 Å². The first-order valence-corrected chi connectivity index (χ1v) is 10.7. The molecule has 0 aromatic carbocycles. The molecule has 3 unspecified atom stereocenters. The maximum absolute atomic E-state index is 13.0. The Morgan fingerprint density at radius 1 is 1.37 bits per heavy atom. The van der Waals surface area contributed by atoms with Gasteiger partial charge in [-0.15, -0.1) is 6.58 Å². The van der Waals surface area contributed by atoms with Crippen LogP contribution < -0.4 is 5.32 Å². The average Bonchev–Trinajstić information content (AvgIpc) is 3.30. The van der Waals surface area contributed by atoms with Gasteiger partial charge in [0.25, 0.3) is 0 Å². The number of aliphatic hydroxyl groups is 1. The second-order valence-corrected chi connectivity index (χ2v) is 8.05. The lowest BCUT2D eigenvalue weighted by Gasteiger charge is -2.29. The summed E-state index contributed by atoms with van der Waals surface area (Å²) in [5.74, 6) is -0.903. The van der Waals surface area contributed by atoms with Crippen LogP contribution >= 0.6 is 0 Å². The number of ether oxygens (including phenoxy) is 1. The van der Waals surface area contributed by atoms with E-state index in [0.717, 1.165) is 19.3 Å². The van der Waals surface area contributed by atoms with Crippen molar-refractivity contribution >= 4 is 17.9 Å². The molecule has 2 aliphatic rings. The Hall–Kier alpha value is -2.35. The number of β-amino-alcohol motifs (C(OH)–C–C–N with tert-alkyl or cyclic N) is 1. The van der Waals surface area contributed by atoms with Crippen LogP contribution in [0.4, 0.5) is 4.79 Å². The topological polar surface area (TPSA) is 99.2 Å². The van der Waals surface area contributed by atoms with E-state index in [-0.39, 0.29) is 31.4 Å². The summed E-state index contributed by atoms with van der Waals surface area (Å²) in [5.41, 5.74) is -1.13. The maximum atomic E-state index is 13.0. The lowest BCUT2D eigenvalue weighted by molar-refractivity contribution is -0.147. The number of likely N-dealkylation sites (N-methyl/N-ethyl adjacent to an activating group) is 1. The molecular weight excluding hydrogens is 386 g/mol. The Balaban J connectivity index is 2.00. The Bertz CT molecular complexity index is 680. The largest absolute Gasteiger partial charge is 0.464 e. The summed E-state index contributed by atoms with van der Waals surface area (Å²) in [5, 5.41) is 12.9. The molecule has 1 heterocycles. The number of hydrogen-bond donors (Lipinski definition) is 2. The van der Waals surface area contributed by atoms with Gasteiger partial charge in [0.1, 0.15) is 11.6 Å². The van der Waals surface area contributed by atoms with Crippen LogP contribution in [0.3, 0.4) is 0 Å². The molecule has 1 saturated carbocycles. The Morgan fingerprint density at radius 2 is 2.10 bits per heavy atom. The number of unbranched alkanes of at least 4 members (excludes halogenated alkanes) is 2. The average molecular weight is 422 g/mol.